The summed E-state index contributed by atoms with van der Waals surface area (Å²) < 4.78 is 16.7. The second-order valence-corrected chi connectivity index (χ2v) is 5.55. The van der Waals surface area contributed by atoms with E-state index in [-0.39, 0.29) is 24.4 Å². The molecule has 0 aliphatic carbocycles. The quantitative estimate of drug-likeness (QED) is 0.841. The zero-order valence-corrected chi connectivity index (χ0v) is 13.2. The number of carbonyl (C=O) groups excluding carboxylic acids is 1. The number of ether oxygens (including phenoxy) is 1. The van der Waals surface area contributed by atoms with E-state index in [0.717, 1.165) is 0 Å². The zero-order valence-electron chi connectivity index (χ0n) is 13.2. The standard InChI is InChI=1S/C15H19N3O5/c1-10-12(5-8-22-10)14-16-18(15(20)23-14)11-3-6-17(7-4-11)13(19)9-21-2/h5,8,11H,3-4,6-7,9H2,1-2H3. The lowest BCUT2D eigenvalue weighted by molar-refractivity contribution is -0.136. The van der Waals surface area contributed by atoms with Crippen molar-refractivity contribution in [2.24, 2.45) is 0 Å². The lowest BCUT2D eigenvalue weighted by Crippen LogP contribution is -2.42. The molecule has 1 aliphatic heterocycles. The fraction of sp³-hybridized carbons (Fsp3) is 0.533. The van der Waals surface area contributed by atoms with E-state index in [0.29, 0.717) is 37.3 Å². The molecule has 0 aromatic carbocycles. The van der Waals surface area contributed by atoms with Crippen LogP contribution in [0.25, 0.3) is 11.5 Å². The fourth-order valence-corrected chi connectivity index (χ4v) is 2.81. The first-order valence-corrected chi connectivity index (χ1v) is 7.51. The molecule has 0 atom stereocenters. The molecule has 0 N–H and O–H groups in total. The molecule has 8 heteroatoms. The second kappa shape index (κ2) is 6.41. The largest absolute Gasteiger partial charge is 0.469 e. The summed E-state index contributed by atoms with van der Waals surface area (Å²) in [6, 6.07) is 1.65. The Labute approximate surface area is 132 Å². The van der Waals surface area contributed by atoms with Gasteiger partial charge in [-0.25, -0.2) is 4.79 Å². The maximum atomic E-state index is 12.1. The highest BCUT2D eigenvalue weighted by Crippen LogP contribution is 2.24. The Kier molecular flexibility index (Phi) is 4.33. The summed E-state index contributed by atoms with van der Waals surface area (Å²) in [5.41, 5.74) is 0.675. The fourth-order valence-electron chi connectivity index (χ4n) is 2.81. The molecular formula is C15H19N3O5. The Morgan fingerprint density at radius 2 is 2.17 bits per heavy atom. The molecule has 0 bridgehead atoms. The molecule has 3 rings (SSSR count). The summed E-state index contributed by atoms with van der Waals surface area (Å²) >= 11 is 0. The molecule has 2 aromatic heterocycles. The number of furan rings is 1. The normalized spacial score (nSPS) is 16.0. The lowest BCUT2D eigenvalue weighted by atomic mass is 10.1. The number of hydrogen-bond donors (Lipinski definition) is 0. The van der Waals surface area contributed by atoms with Gasteiger partial charge in [0, 0.05) is 20.2 Å². The Balaban J connectivity index is 1.72. The lowest BCUT2D eigenvalue weighted by Gasteiger charge is -2.31. The average Bonchev–Trinajstić information content (AvgIpc) is 3.13. The summed E-state index contributed by atoms with van der Waals surface area (Å²) in [6.45, 7) is 3.02. The van der Waals surface area contributed by atoms with E-state index in [2.05, 4.69) is 5.10 Å². The van der Waals surface area contributed by atoms with Gasteiger partial charge < -0.3 is 18.5 Å². The van der Waals surface area contributed by atoms with Crippen LogP contribution in [0.2, 0.25) is 0 Å². The third kappa shape index (κ3) is 3.07. The van der Waals surface area contributed by atoms with Gasteiger partial charge in [-0.05, 0) is 25.8 Å². The minimum atomic E-state index is -0.484. The van der Waals surface area contributed by atoms with Crippen molar-refractivity contribution in [1.29, 1.82) is 0 Å². The van der Waals surface area contributed by atoms with Crippen molar-refractivity contribution < 1.29 is 18.4 Å². The third-order valence-electron chi connectivity index (χ3n) is 4.09. The van der Waals surface area contributed by atoms with Gasteiger partial charge in [-0.1, -0.05) is 0 Å². The summed E-state index contributed by atoms with van der Waals surface area (Å²) in [7, 11) is 1.50. The Morgan fingerprint density at radius 3 is 2.78 bits per heavy atom. The van der Waals surface area contributed by atoms with Crippen molar-refractivity contribution in [2.75, 3.05) is 26.8 Å². The molecule has 0 saturated carbocycles. The predicted molar refractivity (Wildman–Crippen MR) is 79.9 cm³/mol. The van der Waals surface area contributed by atoms with Crippen LogP contribution in [-0.4, -0.2) is 47.4 Å². The molecule has 23 heavy (non-hydrogen) atoms. The second-order valence-electron chi connectivity index (χ2n) is 5.55. The van der Waals surface area contributed by atoms with Crippen LogP contribution in [0, 0.1) is 6.92 Å². The first-order chi connectivity index (χ1) is 11.1. The van der Waals surface area contributed by atoms with E-state index in [1.807, 2.05) is 0 Å². The van der Waals surface area contributed by atoms with Gasteiger partial charge in [0.1, 0.15) is 12.4 Å². The molecule has 1 fully saturated rings. The molecule has 1 saturated heterocycles. The van der Waals surface area contributed by atoms with Crippen LogP contribution in [0.15, 0.2) is 26.0 Å². The molecule has 124 valence electrons. The van der Waals surface area contributed by atoms with E-state index in [9.17, 15) is 9.59 Å². The number of nitrogens with zero attached hydrogens (tertiary/aromatic N) is 3. The van der Waals surface area contributed by atoms with E-state index in [1.165, 1.54) is 18.1 Å². The van der Waals surface area contributed by atoms with Gasteiger partial charge in [-0.15, -0.1) is 5.10 Å². The van der Waals surface area contributed by atoms with Crippen molar-refractivity contribution >= 4 is 5.91 Å². The van der Waals surface area contributed by atoms with Gasteiger partial charge >= 0.3 is 5.76 Å². The highest BCUT2D eigenvalue weighted by molar-refractivity contribution is 5.77. The van der Waals surface area contributed by atoms with Gasteiger partial charge in [0.2, 0.25) is 5.91 Å². The minimum Gasteiger partial charge on any atom is -0.469 e. The highest BCUT2D eigenvalue weighted by atomic mass is 16.5. The molecule has 0 radical (unpaired) electrons. The molecule has 8 nitrogen and oxygen atoms in total. The van der Waals surface area contributed by atoms with Gasteiger partial charge in [0.05, 0.1) is 17.9 Å². The average molecular weight is 321 g/mol. The van der Waals surface area contributed by atoms with E-state index in [4.69, 9.17) is 13.6 Å². The Bertz CT molecular complexity index is 736. The van der Waals surface area contributed by atoms with Crippen molar-refractivity contribution in [2.45, 2.75) is 25.8 Å². The van der Waals surface area contributed by atoms with E-state index < -0.39 is 5.76 Å². The van der Waals surface area contributed by atoms with Gasteiger partial charge in [0.25, 0.3) is 5.89 Å². The van der Waals surface area contributed by atoms with Gasteiger partial charge in [0.15, 0.2) is 0 Å². The number of amides is 1. The summed E-state index contributed by atoms with van der Waals surface area (Å²) in [4.78, 5) is 25.6. The van der Waals surface area contributed by atoms with Crippen LogP contribution in [0.5, 0.6) is 0 Å². The SMILES string of the molecule is COCC(=O)N1CCC(n2nc(-c3ccoc3C)oc2=O)CC1. The molecule has 2 aromatic rings. The molecular weight excluding hydrogens is 302 g/mol. The van der Waals surface area contributed by atoms with Gasteiger partial charge in [-0.2, -0.15) is 4.68 Å². The van der Waals surface area contributed by atoms with Crippen molar-refractivity contribution in [3.8, 4) is 11.5 Å². The number of rotatable bonds is 4. The number of aryl methyl sites for hydroxylation is 1. The number of piperidine rings is 1. The summed E-state index contributed by atoms with van der Waals surface area (Å²) in [6.07, 6.45) is 2.85. The number of carbonyl (C=O) groups is 1. The number of hydrogen-bond acceptors (Lipinski definition) is 6. The first kappa shape index (κ1) is 15.5. The van der Waals surface area contributed by atoms with Crippen molar-refractivity contribution in [1.82, 2.24) is 14.7 Å². The van der Waals surface area contributed by atoms with Gasteiger partial charge in [-0.3, -0.25) is 4.79 Å². The monoisotopic (exact) mass is 321 g/mol. The van der Waals surface area contributed by atoms with Crippen LogP contribution in [-0.2, 0) is 9.53 Å². The minimum absolute atomic E-state index is 0.0341. The van der Waals surface area contributed by atoms with Crippen LogP contribution in [0.4, 0.5) is 0 Å². The summed E-state index contributed by atoms with van der Waals surface area (Å²) in [5, 5.41) is 4.29. The number of aromatic nitrogens is 2. The Hall–Kier alpha value is -2.35. The smallest absolute Gasteiger partial charge is 0.437 e. The van der Waals surface area contributed by atoms with Crippen LogP contribution in [0.1, 0.15) is 24.6 Å². The van der Waals surface area contributed by atoms with E-state index in [1.54, 1.807) is 17.9 Å². The first-order valence-electron chi connectivity index (χ1n) is 7.51. The predicted octanol–water partition coefficient (Wildman–Crippen LogP) is 1.21. The maximum Gasteiger partial charge on any atom is 0.437 e. The summed E-state index contributed by atoms with van der Waals surface area (Å²) in [5.74, 6) is 0.396. The number of likely N-dealkylation sites (tertiary alicyclic amines) is 1. The zero-order chi connectivity index (χ0) is 16.4. The van der Waals surface area contributed by atoms with Crippen LogP contribution < -0.4 is 5.76 Å². The van der Waals surface area contributed by atoms with E-state index >= 15 is 0 Å². The third-order valence-corrected chi connectivity index (χ3v) is 4.09. The van der Waals surface area contributed by atoms with Crippen LogP contribution in [0.3, 0.4) is 0 Å². The molecule has 1 amide bonds. The number of methoxy groups -OCH3 is 1. The van der Waals surface area contributed by atoms with Crippen molar-refractivity contribution in [3.63, 3.8) is 0 Å². The molecule has 1 aliphatic rings. The topological polar surface area (TPSA) is 90.7 Å². The molecule has 0 spiro atoms. The van der Waals surface area contributed by atoms with Crippen molar-refractivity contribution in [3.05, 3.63) is 28.6 Å². The molecule has 3 heterocycles. The maximum absolute atomic E-state index is 12.1. The Morgan fingerprint density at radius 1 is 1.43 bits per heavy atom. The van der Waals surface area contributed by atoms with Crippen LogP contribution >= 0.6 is 0 Å². The molecule has 0 unspecified atom stereocenters. The highest BCUT2D eigenvalue weighted by Gasteiger charge is 2.27.